The predicted molar refractivity (Wildman–Crippen MR) is 71.9 cm³/mol. The lowest BCUT2D eigenvalue weighted by atomic mass is 9.92. The highest BCUT2D eigenvalue weighted by Gasteiger charge is 2.60. The molecule has 0 radical (unpaired) electrons. The average molecular weight is 299 g/mol. The molecule has 3 heterocycles. The van der Waals surface area contributed by atoms with E-state index >= 15 is 0 Å². The summed E-state index contributed by atoms with van der Waals surface area (Å²) in [4.78, 5) is 25.9. The van der Waals surface area contributed by atoms with Crippen LogP contribution in [0.3, 0.4) is 0 Å². The number of aliphatic carboxylic acids is 1. The highest BCUT2D eigenvalue weighted by molar-refractivity contribution is 8.00. The zero-order chi connectivity index (χ0) is 13.6. The van der Waals surface area contributed by atoms with E-state index in [0.29, 0.717) is 6.42 Å². The second-order valence-electron chi connectivity index (χ2n) is 4.61. The quantitative estimate of drug-likeness (QED) is 0.816. The molecular formula is C12H13NO4S2. The number of fused-ring (bicyclic) bond motifs is 1. The monoisotopic (exact) mass is 299 g/mol. The Morgan fingerprint density at radius 3 is 2.84 bits per heavy atom. The lowest BCUT2D eigenvalue weighted by Gasteiger charge is -2.43. The Hall–Kier alpha value is -1.05. The Bertz CT molecular complexity index is 504. The molecule has 1 aromatic rings. The van der Waals surface area contributed by atoms with Crippen LogP contribution in [0, 0.1) is 5.92 Å². The normalized spacial score (nSPS) is 33.1. The van der Waals surface area contributed by atoms with Crippen LogP contribution in [0.4, 0.5) is 0 Å². The predicted octanol–water partition coefficient (Wildman–Crippen LogP) is 1.16. The number of carboxylic acid groups (broad SMARTS) is 1. The fraction of sp³-hybridized carbons (Fsp3) is 0.500. The third-order valence-electron chi connectivity index (χ3n) is 3.58. The summed E-state index contributed by atoms with van der Waals surface area (Å²) in [5, 5.41) is 20.0. The van der Waals surface area contributed by atoms with Gasteiger partial charge in [-0.25, -0.2) is 4.79 Å². The molecule has 2 N–H and O–H groups in total. The first-order chi connectivity index (χ1) is 9.15. The van der Waals surface area contributed by atoms with Gasteiger partial charge in [-0.1, -0.05) is 6.07 Å². The molecule has 1 aromatic heterocycles. The van der Waals surface area contributed by atoms with E-state index in [1.807, 2.05) is 17.5 Å². The van der Waals surface area contributed by atoms with Crippen molar-refractivity contribution >= 4 is 35.0 Å². The maximum atomic E-state index is 12.0. The number of carboxylic acids is 1. The first kappa shape index (κ1) is 13.0. The Morgan fingerprint density at radius 1 is 1.47 bits per heavy atom. The number of β-lactam (4-membered cyclic amide) rings is 1. The summed E-state index contributed by atoms with van der Waals surface area (Å²) >= 11 is 3.05. The van der Waals surface area contributed by atoms with E-state index in [1.54, 1.807) is 0 Å². The van der Waals surface area contributed by atoms with Gasteiger partial charge in [-0.3, -0.25) is 4.79 Å². The van der Waals surface area contributed by atoms with E-state index < -0.39 is 12.0 Å². The minimum atomic E-state index is -0.954. The van der Waals surface area contributed by atoms with Crippen LogP contribution in [-0.4, -0.2) is 45.0 Å². The molecular weight excluding hydrogens is 286 g/mol. The van der Waals surface area contributed by atoms with Crippen molar-refractivity contribution in [3.63, 3.8) is 0 Å². The number of hydrogen-bond acceptors (Lipinski definition) is 5. The van der Waals surface area contributed by atoms with Gasteiger partial charge in [0.1, 0.15) is 6.04 Å². The Morgan fingerprint density at radius 2 is 2.26 bits per heavy atom. The molecule has 5 nitrogen and oxygen atoms in total. The number of thiophene rings is 1. The van der Waals surface area contributed by atoms with Crippen LogP contribution < -0.4 is 0 Å². The highest BCUT2D eigenvalue weighted by atomic mass is 32.2. The van der Waals surface area contributed by atoms with Crippen molar-refractivity contribution in [2.45, 2.75) is 23.1 Å². The molecule has 0 spiro atoms. The van der Waals surface area contributed by atoms with E-state index in [4.69, 9.17) is 5.11 Å². The zero-order valence-electron chi connectivity index (χ0n) is 9.93. The van der Waals surface area contributed by atoms with E-state index in [0.717, 1.165) is 4.88 Å². The van der Waals surface area contributed by atoms with Gasteiger partial charge in [0, 0.05) is 11.5 Å². The van der Waals surface area contributed by atoms with Crippen LogP contribution in [0.15, 0.2) is 17.5 Å². The summed E-state index contributed by atoms with van der Waals surface area (Å²) in [6, 6.07) is 3.02. The second-order valence-corrected chi connectivity index (χ2v) is 6.85. The molecule has 4 atom stereocenters. The number of carbonyl (C=O) groups is 2. The smallest absolute Gasteiger partial charge is 0.328 e. The van der Waals surface area contributed by atoms with Crippen molar-refractivity contribution < 1.29 is 19.8 Å². The van der Waals surface area contributed by atoms with E-state index in [2.05, 4.69) is 0 Å². The number of hydrogen-bond donors (Lipinski definition) is 2. The summed E-state index contributed by atoms with van der Waals surface area (Å²) in [5.74, 6) is -1.33. The molecule has 19 heavy (non-hydrogen) atoms. The molecule has 0 saturated carbocycles. The third-order valence-corrected chi connectivity index (χ3v) is 6.32. The molecule has 0 aliphatic carbocycles. The summed E-state index contributed by atoms with van der Waals surface area (Å²) in [5.41, 5.74) is 0. The van der Waals surface area contributed by atoms with Gasteiger partial charge in [-0.15, -0.1) is 23.1 Å². The Kier molecular flexibility index (Phi) is 3.28. The number of aliphatic hydroxyl groups excluding tert-OH is 1. The zero-order valence-corrected chi connectivity index (χ0v) is 11.6. The molecule has 102 valence electrons. The molecule has 0 bridgehead atoms. The largest absolute Gasteiger partial charge is 0.480 e. The van der Waals surface area contributed by atoms with Crippen molar-refractivity contribution in [3.05, 3.63) is 22.4 Å². The lowest BCUT2D eigenvalue weighted by Crippen LogP contribution is -2.61. The topological polar surface area (TPSA) is 77.8 Å². The molecule has 2 aliphatic heterocycles. The van der Waals surface area contributed by atoms with Crippen molar-refractivity contribution in [2.75, 3.05) is 6.61 Å². The van der Waals surface area contributed by atoms with Crippen molar-refractivity contribution in [2.24, 2.45) is 5.92 Å². The molecule has 1 amide bonds. The van der Waals surface area contributed by atoms with Gasteiger partial charge in [0.2, 0.25) is 5.91 Å². The van der Waals surface area contributed by atoms with Crippen molar-refractivity contribution in [3.8, 4) is 0 Å². The first-order valence-electron chi connectivity index (χ1n) is 6.00. The van der Waals surface area contributed by atoms with Gasteiger partial charge in [-0.05, 0) is 17.9 Å². The van der Waals surface area contributed by atoms with Gasteiger partial charge in [0.05, 0.1) is 16.5 Å². The van der Waals surface area contributed by atoms with Gasteiger partial charge >= 0.3 is 5.97 Å². The molecule has 2 saturated heterocycles. The number of rotatable bonds is 4. The van der Waals surface area contributed by atoms with Crippen LogP contribution in [0.2, 0.25) is 0 Å². The Balaban J connectivity index is 1.88. The number of carbonyl (C=O) groups excluding carboxylic acids is 1. The van der Waals surface area contributed by atoms with Crippen LogP contribution in [0.5, 0.6) is 0 Å². The fourth-order valence-electron chi connectivity index (χ4n) is 2.71. The van der Waals surface area contributed by atoms with Crippen LogP contribution in [0.25, 0.3) is 0 Å². The molecule has 7 heteroatoms. The van der Waals surface area contributed by atoms with Gasteiger partial charge in [-0.2, -0.15) is 0 Å². The van der Waals surface area contributed by atoms with E-state index in [1.165, 1.54) is 28.0 Å². The number of nitrogens with zero attached hydrogens (tertiary/aromatic N) is 1. The summed E-state index contributed by atoms with van der Waals surface area (Å²) in [7, 11) is 0. The minimum absolute atomic E-state index is 0.0390. The molecule has 0 aromatic carbocycles. The maximum Gasteiger partial charge on any atom is 0.328 e. The molecule has 2 aliphatic rings. The molecule has 2 fully saturated rings. The maximum absolute atomic E-state index is 12.0. The summed E-state index contributed by atoms with van der Waals surface area (Å²) in [6.45, 7) is -0.0390. The fourth-order valence-corrected chi connectivity index (χ4v) is 5.49. The van der Waals surface area contributed by atoms with Crippen molar-refractivity contribution in [1.82, 2.24) is 4.90 Å². The first-order valence-corrected chi connectivity index (χ1v) is 7.82. The summed E-state index contributed by atoms with van der Waals surface area (Å²) in [6.07, 6.45) is 0.413. The average Bonchev–Trinajstić information content (AvgIpc) is 3.00. The van der Waals surface area contributed by atoms with E-state index in [9.17, 15) is 14.7 Å². The number of thioether (sulfide) groups is 1. The van der Waals surface area contributed by atoms with Gasteiger partial charge in [0.25, 0.3) is 0 Å². The molecule has 3 rings (SSSR count). The Labute approximate surface area is 118 Å². The lowest BCUT2D eigenvalue weighted by molar-refractivity contribution is -0.163. The minimum Gasteiger partial charge on any atom is -0.480 e. The van der Waals surface area contributed by atoms with Crippen molar-refractivity contribution in [1.29, 1.82) is 0 Å². The third kappa shape index (κ3) is 1.87. The second kappa shape index (κ2) is 4.81. The SMILES string of the molecule is O=C(O)[C@@H]1[C@H](c2cccs2)S[C@@H]2[C@H](CCO)C(=O)N21. The van der Waals surface area contributed by atoms with Crippen LogP contribution in [-0.2, 0) is 9.59 Å². The van der Waals surface area contributed by atoms with Gasteiger partial charge in [0.15, 0.2) is 0 Å². The van der Waals surface area contributed by atoms with E-state index in [-0.39, 0.29) is 29.1 Å². The number of amides is 1. The van der Waals surface area contributed by atoms with Crippen LogP contribution >= 0.6 is 23.1 Å². The molecule has 0 unspecified atom stereocenters. The summed E-state index contributed by atoms with van der Waals surface area (Å²) < 4.78 is 0. The van der Waals surface area contributed by atoms with Gasteiger partial charge < -0.3 is 15.1 Å². The van der Waals surface area contributed by atoms with Crippen LogP contribution in [0.1, 0.15) is 16.5 Å². The highest BCUT2D eigenvalue weighted by Crippen LogP contribution is 2.55. The standard InChI is InChI=1S/C12H13NO4S2/c14-4-3-6-10(15)13-8(12(16)17)9(19-11(6)13)7-2-1-5-18-7/h1-2,5-6,8-9,11,14H,3-4H2,(H,16,17)/t6-,8+,9+,11-/m1/s1. The number of aliphatic hydroxyl groups is 1.